The van der Waals surface area contributed by atoms with Gasteiger partial charge < -0.3 is 5.11 Å². The first-order valence-corrected chi connectivity index (χ1v) is 7.63. The third kappa shape index (κ3) is 11.4. The molecule has 0 aromatic rings. The Morgan fingerprint density at radius 2 is 1.25 bits per heavy atom. The van der Waals surface area contributed by atoms with Crippen LogP contribution < -0.4 is 0 Å². The van der Waals surface area contributed by atoms with Crippen LogP contribution in [0.25, 0.3) is 0 Å². The molecule has 0 amide bonds. The Hall–Kier alpha value is -0.670. The van der Waals surface area contributed by atoms with Gasteiger partial charge in [-0.1, -0.05) is 6.92 Å². The molecule has 0 spiro atoms. The van der Waals surface area contributed by atoms with Crippen molar-refractivity contribution < 1.29 is 30.4 Å². The summed E-state index contributed by atoms with van der Waals surface area (Å²) in [5, 5.41) is 7.72. The molecule has 0 unspecified atom stereocenters. The van der Waals surface area contributed by atoms with Gasteiger partial charge in [-0.3, -0.25) is 4.79 Å². The molecule has 0 aromatic carbocycles. The molecular weight excluding hydrogens is 260 g/mol. The minimum absolute atomic E-state index is 0.222. The smallest absolute Gasteiger partial charge is 0.303 e. The standard InChI is InChI=1S/C4H10O5S2.C3H6O2/c1-3-10(5,6)9-11(7,8)4-2;1-2-3(4)5/h3-4H2,1-2H3;2H2,1H3,(H,4,5). The molecule has 0 fully saturated rings. The van der Waals surface area contributed by atoms with E-state index in [0.717, 1.165) is 0 Å². The first-order valence-electron chi connectivity index (χ1n) is 4.48. The van der Waals surface area contributed by atoms with E-state index in [2.05, 4.69) is 3.63 Å². The Kier molecular flexibility index (Phi) is 8.39. The zero-order valence-electron chi connectivity index (χ0n) is 9.33. The van der Waals surface area contributed by atoms with Gasteiger partial charge >= 0.3 is 5.97 Å². The van der Waals surface area contributed by atoms with Gasteiger partial charge in [0.05, 0.1) is 11.5 Å². The lowest BCUT2D eigenvalue weighted by molar-refractivity contribution is -0.136. The third-order valence-electron chi connectivity index (χ3n) is 1.22. The van der Waals surface area contributed by atoms with Gasteiger partial charge in [0.1, 0.15) is 0 Å². The monoisotopic (exact) mass is 276 g/mol. The molecule has 16 heavy (non-hydrogen) atoms. The fourth-order valence-electron chi connectivity index (χ4n) is 0.254. The summed E-state index contributed by atoms with van der Waals surface area (Å²) in [4.78, 5) is 9.37. The normalized spacial score (nSPS) is 11.4. The Balaban J connectivity index is 0. The SMILES string of the molecule is CCC(=O)O.CCS(=O)(=O)OS(=O)(=O)CC. The van der Waals surface area contributed by atoms with Crippen LogP contribution in [-0.4, -0.2) is 39.4 Å². The molecule has 0 radical (unpaired) electrons. The summed E-state index contributed by atoms with van der Waals surface area (Å²) in [5.74, 6) is -1.43. The van der Waals surface area contributed by atoms with Gasteiger partial charge in [-0.2, -0.15) is 16.8 Å². The maximum atomic E-state index is 10.6. The molecule has 0 atom stereocenters. The van der Waals surface area contributed by atoms with Crippen molar-refractivity contribution in [3.05, 3.63) is 0 Å². The summed E-state index contributed by atoms with van der Waals surface area (Å²) in [7, 11) is -7.75. The van der Waals surface area contributed by atoms with Crippen molar-refractivity contribution >= 4 is 26.2 Å². The van der Waals surface area contributed by atoms with Crippen molar-refractivity contribution in [3.63, 3.8) is 0 Å². The lowest BCUT2D eigenvalue weighted by Crippen LogP contribution is -2.16. The Labute approximate surface area is 95.7 Å². The fraction of sp³-hybridized carbons (Fsp3) is 0.857. The number of carboxylic acid groups (broad SMARTS) is 1. The van der Waals surface area contributed by atoms with Crippen molar-refractivity contribution in [2.75, 3.05) is 11.5 Å². The lowest BCUT2D eigenvalue weighted by Gasteiger charge is -2.00. The van der Waals surface area contributed by atoms with E-state index in [4.69, 9.17) is 5.11 Å². The van der Waals surface area contributed by atoms with Crippen molar-refractivity contribution in [2.24, 2.45) is 0 Å². The number of hydrogen-bond donors (Lipinski definition) is 1. The van der Waals surface area contributed by atoms with Crippen molar-refractivity contribution in [3.8, 4) is 0 Å². The molecule has 0 rings (SSSR count). The van der Waals surface area contributed by atoms with Crippen molar-refractivity contribution in [1.29, 1.82) is 0 Å². The average Bonchev–Trinajstić information content (AvgIpc) is 2.17. The van der Waals surface area contributed by atoms with Gasteiger partial charge in [-0.25, -0.2) is 0 Å². The van der Waals surface area contributed by atoms with Crippen LogP contribution in [0.5, 0.6) is 0 Å². The van der Waals surface area contributed by atoms with Gasteiger partial charge in [0.2, 0.25) is 0 Å². The number of carbonyl (C=O) groups is 1. The molecule has 0 aliphatic carbocycles. The highest BCUT2D eigenvalue weighted by Gasteiger charge is 2.18. The van der Waals surface area contributed by atoms with Gasteiger partial charge in [-0.05, 0) is 13.8 Å². The van der Waals surface area contributed by atoms with E-state index in [9.17, 15) is 21.6 Å². The summed E-state index contributed by atoms with van der Waals surface area (Å²) in [6.45, 7) is 4.21. The first kappa shape index (κ1) is 17.7. The van der Waals surface area contributed by atoms with E-state index in [-0.39, 0.29) is 17.9 Å². The number of aliphatic carboxylic acids is 1. The zero-order valence-corrected chi connectivity index (χ0v) is 11.0. The number of hydrogen-bond acceptors (Lipinski definition) is 6. The van der Waals surface area contributed by atoms with Crippen LogP contribution in [0.15, 0.2) is 0 Å². The Morgan fingerprint density at radius 3 is 1.38 bits per heavy atom. The highest BCUT2D eigenvalue weighted by molar-refractivity contribution is 7.99. The summed E-state index contributed by atoms with van der Waals surface area (Å²) >= 11 is 0. The first-order chi connectivity index (χ1) is 7.10. The van der Waals surface area contributed by atoms with E-state index in [1.807, 2.05) is 0 Å². The molecule has 9 heteroatoms. The molecule has 98 valence electrons. The Morgan fingerprint density at radius 1 is 1.00 bits per heavy atom. The topological polar surface area (TPSA) is 115 Å². The van der Waals surface area contributed by atoms with E-state index in [1.54, 1.807) is 6.92 Å². The molecule has 0 heterocycles. The lowest BCUT2D eigenvalue weighted by atomic mass is 10.5. The van der Waals surface area contributed by atoms with E-state index in [1.165, 1.54) is 13.8 Å². The third-order valence-corrected chi connectivity index (χ3v) is 4.29. The molecule has 0 saturated heterocycles. The summed E-state index contributed by atoms with van der Waals surface area (Å²) in [6, 6.07) is 0. The second-order valence-electron chi connectivity index (χ2n) is 2.51. The second kappa shape index (κ2) is 7.58. The molecule has 1 N–H and O–H groups in total. The van der Waals surface area contributed by atoms with E-state index < -0.39 is 26.2 Å². The van der Waals surface area contributed by atoms with Crippen LogP contribution in [0, 0.1) is 0 Å². The van der Waals surface area contributed by atoms with Crippen LogP contribution in [0.1, 0.15) is 27.2 Å². The molecule has 0 aliphatic heterocycles. The summed E-state index contributed by atoms with van der Waals surface area (Å²) in [6.07, 6.45) is 0.222. The van der Waals surface area contributed by atoms with Gasteiger partial charge in [0.15, 0.2) is 0 Å². The van der Waals surface area contributed by atoms with Crippen molar-refractivity contribution in [2.45, 2.75) is 27.2 Å². The highest BCUT2D eigenvalue weighted by atomic mass is 32.3. The molecule has 7 nitrogen and oxygen atoms in total. The summed E-state index contributed by atoms with van der Waals surface area (Å²) in [5.41, 5.74) is 0. The number of carboxylic acids is 1. The van der Waals surface area contributed by atoms with Crippen LogP contribution in [0.4, 0.5) is 0 Å². The van der Waals surface area contributed by atoms with Crippen LogP contribution in [-0.2, 0) is 28.7 Å². The minimum atomic E-state index is -3.88. The van der Waals surface area contributed by atoms with Gasteiger partial charge in [0.25, 0.3) is 20.2 Å². The van der Waals surface area contributed by atoms with E-state index in [0.29, 0.717) is 0 Å². The molecular formula is C7H16O7S2. The number of rotatable bonds is 5. The quantitative estimate of drug-likeness (QED) is 0.761. The van der Waals surface area contributed by atoms with Crippen molar-refractivity contribution in [1.82, 2.24) is 0 Å². The maximum absolute atomic E-state index is 10.6. The molecule has 0 aliphatic rings. The van der Waals surface area contributed by atoms with Gasteiger partial charge in [0, 0.05) is 6.42 Å². The van der Waals surface area contributed by atoms with Gasteiger partial charge in [-0.15, -0.1) is 3.63 Å². The maximum Gasteiger partial charge on any atom is 0.303 e. The largest absolute Gasteiger partial charge is 0.481 e. The highest BCUT2D eigenvalue weighted by Crippen LogP contribution is 2.00. The molecule has 0 aromatic heterocycles. The Bertz CT molecular complexity index is 360. The second-order valence-corrected chi connectivity index (χ2v) is 6.44. The molecule has 0 saturated carbocycles. The van der Waals surface area contributed by atoms with E-state index >= 15 is 0 Å². The fourth-order valence-corrected chi connectivity index (χ4v) is 2.29. The summed E-state index contributed by atoms with van der Waals surface area (Å²) < 4.78 is 46.2. The predicted molar refractivity (Wildman–Crippen MR) is 57.9 cm³/mol. The molecule has 0 bridgehead atoms. The average molecular weight is 276 g/mol. The van der Waals surface area contributed by atoms with Crippen LogP contribution in [0.2, 0.25) is 0 Å². The van der Waals surface area contributed by atoms with Crippen LogP contribution in [0.3, 0.4) is 0 Å². The van der Waals surface area contributed by atoms with Crippen LogP contribution >= 0.6 is 0 Å². The predicted octanol–water partition coefficient (Wildman–Crippen LogP) is 0.183. The minimum Gasteiger partial charge on any atom is -0.481 e. The zero-order chi connectivity index (χ0) is 13.4.